The van der Waals surface area contributed by atoms with E-state index in [0.717, 1.165) is 0 Å². The van der Waals surface area contributed by atoms with Crippen LogP contribution in [-0.4, -0.2) is 18.8 Å². The summed E-state index contributed by atoms with van der Waals surface area (Å²) in [5, 5.41) is 0. The zero-order valence-electron chi connectivity index (χ0n) is 12.0. The molecule has 0 aliphatic rings. The van der Waals surface area contributed by atoms with Crippen molar-refractivity contribution < 1.29 is 0 Å². The van der Waals surface area contributed by atoms with Crippen LogP contribution in [0, 0.1) is 0 Å². The molecular weight excluding hydrogens is 477 g/mol. The van der Waals surface area contributed by atoms with Crippen molar-refractivity contribution in [3.8, 4) is 0 Å². The van der Waals surface area contributed by atoms with E-state index in [0.29, 0.717) is 0 Å². The summed E-state index contributed by atoms with van der Waals surface area (Å²) in [6, 6.07) is 33.1. The van der Waals surface area contributed by atoms with Crippen LogP contribution >= 0.6 is 24.0 Å². The Labute approximate surface area is 148 Å². The van der Waals surface area contributed by atoms with Gasteiger partial charge in [0.25, 0.3) is 0 Å². The molecule has 0 aliphatic heterocycles. The minimum atomic E-state index is -2.65. The summed E-state index contributed by atoms with van der Waals surface area (Å²) < 4.78 is 4.55. The molecule has 0 heterocycles. The van der Waals surface area contributed by atoms with Crippen LogP contribution in [0.2, 0.25) is 4.87 Å². The van der Waals surface area contributed by atoms with Crippen LogP contribution in [0.15, 0.2) is 91.0 Å². The topological polar surface area (TPSA) is 0 Å². The molecule has 21 heavy (non-hydrogen) atoms. The normalized spacial score (nSPS) is 10.7. The first kappa shape index (κ1) is 16.6. The van der Waals surface area contributed by atoms with Crippen molar-refractivity contribution in [2.45, 2.75) is 4.87 Å². The Morgan fingerprint density at radius 1 is 0.476 bits per heavy atom. The Bertz CT molecular complexity index is 569. The van der Waals surface area contributed by atoms with Crippen LogP contribution in [0.5, 0.6) is 0 Å². The van der Waals surface area contributed by atoms with Gasteiger partial charge in [0.2, 0.25) is 0 Å². The standard InChI is InChI=1S/3C6H5.CH3.HI.Sb/c3*1-2-4-6-5-3-1;;;/h3*1-5H;1H3;1H;. The molecule has 0 aliphatic carbocycles. The quantitative estimate of drug-likeness (QED) is 0.386. The predicted octanol–water partition coefficient (Wildman–Crippen LogP) is 3.40. The fraction of sp³-hybridized carbons (Fsp3) is 0.0526. The third-order valence-corrected chi connectivity index (χ3v) is 15.2. The summed E-state index contributed by atoms with van der Waals surface area (Å²) in [5.74, 6) is 0. The minimum absolute atomic E-state index is 0. The van der Waals surface area contributed by atoms with Gasteiger partial charge in [-0.1, -0.05) is 0 Å². The predicted molar refractivity (Wildman–Crippen MR) is 105 cm³/mol. The Hall–Kier alpha value is -0.792. The maximum atomic E-state index is 2.50. The fourth-order valence-corrected chi connectivity index (χ4v) is 11.8. The Kier molecular flexibility index (Phi) is 5.89. The molecule has 0 bridgehead atoms. The SMILES string of the molecule is I.[CH3][Sb]([c]1ccccc1)([c]1ccccc1)[c]1ccccc1. The van der Waals surface area contributed by atoms with Gasteiger partial charge in [-0.25, -0.2) is 0 Å². The molecule has 3 rings (SSSR count). The fourth-order valence-electron chi connectivity index (χ4n) is 2.63. The van der Waals surface area contributed by atoms with Gasteiger partial charge in [-0.3, -0.25) is 0 Å². The van der Waals surface area contributed by atoms with E-state index in [-0.39, 0.29) is 24.0 Å². The van der Waals surface area contributed by atoms with Gasteiger partial charge in [-0.15, -0.1) is 24.0 Å². The summed E-state index contributed by atoms with van der Waals surface area (Å²) in [5.41, 5.74) is 0. The van der Waals surface area contributed by atoms with Crippen LogP contribution in [0.25, 0.3) is 0 Å². The first-order valence-corrected chi connectivity index (χ1v) is 13.2. The average Bonchev–Trinajstić information content (AvgIpc) is 2.56. The molecule has 0 atom stereocenters. The van der Waals surface area contributed by atoms with E-state index in [1.54, 1.807) is 0 Å². The van der Waals surface area contributed by atoms with E-state index in [4.69, 9.17) is 0 Å². The second-order valence-corrected chi connectivity index (χ2v) is 15.2. The number of halogens is 1. The van der Waals surface area contributed by atoms with Gasteiger partial charge in [0.05, 0.1) is 0 Å². The molecule has 0 unspecified atom stereocenters. The van der Waals surface area contributed by atoms with E-state index in [1.807, 2.05) is 0 Å². The van der Waals surface area contributed by atoms with Gasteiger partial charge in [-0.05, 0) is 0 Å². The molecule has 0 fully saturated rings. The number of rotatable bonds is 3. The van der Waals surface area contributed by atoms with Gasteiger partial charge >= 0.3 is 125 Å². The molecule has 0 nitrogen and oxygen atoms in total. The van der Waals surface area contributed by atoms with Gasteiger partial charge in [0.1, 0.15) is 0 Å². The van der Waals surface area contributed by atoms with E-state index in [2.05, 4.69) is 95.9 Å². The summed E-state index contributed by atoms with van der Waals surface area (Å²) >= 11 is -2.65. The van der Waals surface area contributed by atoms with Crippen molar-refractivity contribution in [3.05, 3.63) is 91.0 Å². The molecule has 2 heteroatoms. The first-order valence-electron chi connectivity index (χ1n) is 6.85. The molecule has 0 spiro atoms. The average molecular weight is 496 g/mol. The zero-order chi connectivity index (χ0) is 13.8. The van der Waals surface area contributed by atoms with Crippen LogP contribution < -0.4 is 10.5 Å². The zero-order valence-corrected chi connectivity index (χ0v) is 16.9. The van der Waals surface area contributed by atoms with Gasteiger partial charge in [0, 0.05) is 0 Å². The summed E-state index contributed by atoms with van der Waals surface area (Å²) in [6.07, 6.45) is 0. The van der Waals surface area contributed by atoms with Gasteiger partial charge < -0.3 is 0 Å². The van der Waals surface area contributed by atoms with Gasteiger partial charge in [-0.2, -0.15) is 0 Å². The molecule has 1 radical (unpaired) electrons. The van der Waals surface area contributed by atoms with Crippen LogP contribution in [0.3, 0.4) is 0 Å². The Morgan fingerprint density at radius 2 is 0.714 bits per heavy atom. The third-order valence-electron chi connectivity index (χ3n) is 3.82. The van der Waals surface area contributed by atoms with Crippen LogP contribution in [-0.2, 0) is 0 Å². The molecule has 107 valence electrons. The van der Waals surface area contributed by atoms with E-state index < -0.39 is 18.8 Å². The molecule has 3 aromatic carbocycles. The number of hydrogen-bond acceptors (Lipinski definition) is 0. The monoisotopic (exact) mass is 495 g/mol. The summed E-state index contributed by atoms with van der Waals surface area (Å²) in [6.45, 7) is 0. The summed E-state index contributed by atoms with van der Waals surface area (Å²) in [7, 11) is 0. The van der Waals surface area contributed by atoms with Crippen molar-refractivity contribution in [2.75, 3.05) is 0 Å². The van der Waals surface area contributed by atoms with E-state index in [1.165, 1.54) is 10.5 Å². The van der Waals surface area contributed by atoms with E-state index >= 15 is 0 Å². The second-order valence-electron chi connectivity index (χ2n) is 5.01. The molecule has 0 saturated heterocycles. The Morgan fingerprint density at radius 3 is 0.952 bits per heavy atom. The van der Waals surface area contributed by atoms with E-state index in [9.17, 15) is 0 Å². The number of hydrogen-bond donors (Lipinski definition) is 0. The van der Waals surface area contributed by atoms with Crippen molar-refractivity contribution >= 4 is 53.3 Å². The molecular formula is C19H19ISb. The Balaban J connectivity index is 0.00000161. The van der Waals surface area contributed by atoms with Crippen LogP contribution in [0.1, 0.15) is 0 Å². The van der Waals surface area contributed by atoms with Crippen molar-refractivity contribution in [2.24, 2.45) is 0 Å². The molecule has 0 aromatic heterocycles. The molecule has 3 aromatic rings. The maximum absolute atomic E-state index is 2.65. The second kappa shape index (κ2) is 7.46. The van der Waals surface area contributed by atoms with Crippen molar-refractivity contribution in [1.29, 1.82) is 0 Å². The molecule has 0 amide bonds. The van der Waals surface area contributed by atoms with Crippen molar-refractivity contribution in [3.63, 3.8) is 0 Å². The van der Waals surface area contributed by atoms with Crippen molar-refractivity contribution in [1.82, 2.24) is 0 Å². The van der Waals surface area contributed by atoms with Crippen LogP contribution in [0.4, 0.5) is 0 Å². The first-order chi connectivity index (χ1) is 9.82. The molecule has 0 N–H and O–H groups in total. The third kappa shape index (κ3) is 3.35. The number of benzene rings is 3. The summed E-state index contributed by atoms with van der Waals surface area (Å²) in [4.78, 5) is 2.50. The van der Waals surface area contributed by atoms with Gasteiger partial charge in [0.15, 0.2) is 0 Å². The molecule has 0 saturated carbocycles.